The molecule has 2 fully saturated rings. The highest BCUT2D eigenvalue weighted by Gasteiger charge is 2.42. The smallest absolute Gasteiger partial charge is 0.307 e. The summed E-state index contributed by atoms with van der Waals surface area (Å²) in [7, 11) is 0. The van der Waals surface area contributed by atoms with E-state index < -0.39 is 11.9 Å². The summed E-state index contributed by atoms with van der Waals surface area (Å²) in [6, 6.07) is 0.234. The molecule has 20 heavy (non-hydrogen) atoms. The Morgan fingerprint density at radius 1 is 1.25 bits per heavy atom. The Balaban J connectivity index is 1.95. The highest BCUT2D eigenvalue weighted by molar-refractivity contribution is 7.99. The van der Waals surface area contributed by atoms with Crippen LogP contribution in [0, 0.1) is 17.8 Å². The molecule has 2 N–H and O–H groups in total. The first-order valence-electron chi connectivity index (χ1n) is 7.67. The van der Waals surface area contributed by atoms with Gasteiger partial charge in [-0.15, -0.1) is 0 Å². The maximum Gasteiger partial charge on any atom is 0.307 e. The minimum atomic E-state index is -0.819. The maximum absolute atomic E-state index is 12.4. The van der Waals surface area contributed by atoms with Gasteiger partial charge in [0.2, 0.25) is 5.91 Å². The van der Waals surface area contributed by atoms with Crippen LogP contribution in [-0.2, 0) is 9.59 Å². The molecule has 1 amide bonds. The van der Waals surface area contributed by atoms with Crippen LogP contribution in [0.25, 0.3) is 0 Å². The number of aliphatic carboxylic acids is 1. The molecule has 0 aromatic carbocycles. The first-order chi connectivity index (χ1) is 9.52. The van der Waals surface area contributed by atoms with Gasteiger partial charge in [-0.25, -0.2) is 0 Å². The standard InChI is InChI=1S/C15H25NO3S/c1-3-20-13-6-4-5-12(13)16-14(17)10-7-9(2)8-11(10)15(18)19/h9-13H,3-8H2,1-2H3,(H,16,17)(H,18,19)/t9?,10-,11+,12?,13?/m0/s1. The molecule has 5 atom stereocenters. The number of nitrogens with one attached hydrogen (secondary N) is 1. The monoisotopic (exact) mass is 299 g/mol. The number of thioether (sulfide) groups is 1. The number of carbonyl (C=O) groups is 2. The lowest BCUT2D eigenvalue weighted by atomic mass is 9.95. The molecule has 0 saturated heterocycles. The molecule has 0 spiro atoms. The Morgan fingerprint density at radius 3 is 2.60 bits per heavy atom. The molecule has 0 aromatic heterocycles. The van der Waals surface area contributed by atoms with Crippen LogP contribution in [0.5, 0.6) is 0 Å². The van der Waals surface area contributed by atoms with Gasteiger partial charge < -0.3 is 10.4 Å². The van der Waals surface area contributed by atoms with E-state index in [1.54, 1.807) is 0 Å². The molecule has 0 radical (unpaired) electrons. The predicted octanol–water partition coefficient (Wildman–Crippen LogP) is 2.52. The van der Waals surface area contributed by atoms with Gasteiger partial charge in [0.05, 0.1) is 11.8 Å². The van der Waals surface area contributed by atoms with E-state index in [-0.39, 0.29) is 17.9 Å². The molecule has 2 aliphatic rings. The summed E-state index contributed by atoms with van der Waals surface area (Å²) >= 11 is 1.91. The highest BCUT2D eigenvalue weighted by Crippen LogP contribution is 2.37. The second-order valence-corrected chi connectivity index (χ2v) is 7.68. The summed E-state index contributed by atoms with van der Waals surface area (Å²) in [6.45, 7) is 4.18. The Morgan fingerprint density at radius 2 is 1.95 bits per heavy atom. The average Bonchev–Trinajstić information content (AvgIpc) is 2.97. The lowest BCUT2D eigenvalue weighted by molar-refractivity contribution is -0.146. The number of carboxylic acid groups (broad SMARTS) is 1. The van der Waals surface area contributed by atoms with Crippen molar-refractivity contribution in [3.8, 4) is 0 Å². The largest absolute Gasteiger partial charge is 0.481 e. The Kier molecular flexibility index (Phi) is 5.35. The zero-order valence-electron chi connectivity index (χ0n) is 12.3. The first kappa shape index (κ1) is 15.7. The van der Waals surface area contributed by atoms with Crippen LogP contribution >= 0.6 is 11.8 Å². The summed E-state index contributed by atoms with van der Waals surface area (Å²) in [4.78, 5) is 23.7. The van der Waals surface area contributed by atoms with Crippen LogP contribution in [-0.4, -0.2) is 34.0 Å². The van der Waals surface area contributed by atoms with E-state index >= 15 is 0 Å². The predicted molar refractivity (Wildman–Crippen MR) is 80.7 cm³/mol. The van der Waals surface area contributed by atoms with E-state index in [1.165, 1.54) is 0 Å². The van der Waals surface area contributed by atoms with Crippen molar-refractivity contribution >= 4 is 23.6 Å². The van der Waals surface area contributed by atoms with Crippen molar-refractivity contribution in [2.24, 2.45) is 17.8 Å². The number of carboxylic acids is 1. The average molecular weight is 299 g/mol. The molecule has 0 bridgehead atoms. The Bertz CT molecular complexity index is 374. The van der Waals surface area contributed by atoms with Crippen LogP contribution in [0.15, 0.2) is 0 Å². The zero-order valence-corrected chi connectivity index (χ0v) is 13.1. The summed E-state index contributed by atoms with van der Waals surface area (Å²) in [5.41, 5.74) is 0. The van der Waals surface area contributed by atoms with Crippen molar-refractivity contribution in [1.29, 1.82) is 0 Å². The van der Waals surface area contributed by atoms with Crippen LogP contribution in [0.4, 0.5) is 0 Å². The molecular weight excluding hydrogens is 274 g/mol. The lowest BCUT2D eigenvalue weighted by Gasteiger charge is -2.23. The fraction of sp³-hybridized carbons (Fsp3) is 0.867. The second kappa shape index (κ2) is 6.83. The summed E-state index contributed by atoms with van der Waals surface area (Å²) < 4.78 is 0. The SMILES string of the molecule is CCSC1CCCC1NC(=O)[C@H]1CC(C)C[C@H]1C(=O)O. The van der Waals surface area contributed by atoms with Crippen molar-refractivity contribution in [3.63, 3.8) is 0 Å². The van der Waals surface area contributed by atoms with Crippen molar-refractivity contribution in [2.45, 2.75) is 57.2 Å². The van der Waals surface area contributed by atoms with Gasteiger partial charge in [-0.3, -0.25) is 9.59 Å². The zero-order chi connectivity index (χ0) is 14.7. The van der Waals surface area contributed by atoms with Crippen LogP contribution in [0.3, 0.4) is 0 Å². The van der Waals surface area contributed by atoms with E-state index in [2.05, 4.69) is 12.2 Å². The van der Waals surface area contributed by atoms with E-state index in [4.69, 9.17) is 0 Å². The minimum absolute atomic E-state index is 0.0321. The van der Waals surface area contributed by atoms with E-state index in [1.807, 2.05) is 18.7 Å². The maximum atomic E-state index is 12.4. The van der Waals surface area contributed by atoms with Crippen LogP contribution < -0.4 is 5.32 Å². The van der Waals surface area contributed by atoms with Crippen LogP contribution in [0.1, 0.15) is 46.0 Å². The van der Waals surface area contributed by atoms with Gasteiger partial charge >= 0.3 is 5.97 Å². The van der Waals surface area contributed by atoms with Crippen LogP contribution in [0.2, 0.25) is 0 Å². The van der Waals surface area contributed by atoms with Gasteiger partial charge in [0.15, 0.2) is 0 Å². The molecule has 2 saturated carbocycles. The quantitative estimate of drug-likeness (QED) is 0.818. The topological polar surface area (TPSA) is 66.4 Å². The summed E-state index contributed by atoms with van der Waals surface area (Å²) in [5, 5.41) is 12.9. The molecular formula is C15H25NO3S. The number of hydrogen-bond donors (Lipinski definition) is 2. The highest BCUT2D eigenvalue weighted by atomic mass is 32.2. The van der Waals surface area contributed by atoms with E-state index in [0.29, 0.717) is 24.0 Å². The molecule has 3 unspecified atom stereocenters. The van der Waals surface area contributed by atoms with Gasteiger partial charge in [0.25, 0.3) is 0 Å². The van der Waals surface area contributed by atoms with Crippen molar-refractivity contribution in [1.82, 2.24) is 5.32 Å². The van der Waals surface area contributed by atoms with Gasteiger partial charge in [-0.05, 0) is 37.4 Å². The first-order valence-corrected chi connectivity index (χ1v) is 8.72. The van der Waals surface area contributed by atoms with Gasteiger partial charge in [-0.2, -0.15) is 11.8 Å². The Hall–Kier alpha value is -0.710. The lowest BCUT2D eigenvalue weighted by Crippen LogP contribution is -2.43. The van der Waals surface area contributed by atoms with Gasteiger partial charge in [0.1, 0.15) is 0 Å². The molecule has 5 heteroatoms. The number of carbonyl (C=O) groups excluding carboxylic acids is 1. The molecule has 4 nitrogen and oxygen atoms in total. The fourth-order valence-electron chi connectivity index (χ4n) is 3.65. The molecule has 0 heterocycles. The fourth-order valence-corrected chi connectivity index (χ4v) is 4.85. The van der Waals surface area contributed by atoms with Crippen molar-refractivity contribution < 1.29 is 14.7 Å². The third-order valence-corrected chi connectivity index (χ3v) is 5.94. The number of amides is 1. The van der Waals surface area contributed by atoms with Gasteiger partial charge in [0, 0.05) is 11.3 Å². The Labute approximate surface area is 125 Å². The molecule has 0 aliphatic heterocycles. The third-order valence-electron chi connectivity index (χ3n) is 4.61. The molecule has 2 aliphatic carbocycles. The number of rotatable bonds is 5. The summed E-state index contributed by atoms with van der Waals surface area (Å²) in [6.07, 6.45) is 4.69. The molecule has 2 rings (SSSR count). The van der Waals surface area contributed by atoms with E-state index in [9.17, 15) is 14.7 Å². The number of hydrogen-bond acceptors (Lipinski definition) is 3. The third kappa shape index (κ3) is 3.48. The summed E-state index contributed by atoms with van der Waals surface area (Å²) in [5.74, 6) is -0.291. The van der Waals surface area contributed by atoms with E-state index in [0.717, 1.165) is 25.0 Å². The van der Waals surface area contributed by atoms with Crippen molar-refractivity contribution in [3.05, 3.63) is 0 Å². The second-order valence-electron chi connectivity index (χ2n) is 6.17. The molecule has 0 aromatic rings. The minimum Gasteiger partial charge on any atom is -0.481 e. The van der Waals surface area contributed by atoms with Crippen molar-refractivity contribution in [2.75, 3.05) is 5.75 Å². The normalized spacial score (nSPS) is 37.0. The molecule has 114 valence electrons. The van der Waals surface area contributed by atoms with Gasteiger partial charge in [-0.1, -0.05) is 20.3 Å².